The SMILES string of the molecule is CC1(C)CCCC1(Nc1cccc(Br)c1)C(N)=O. The molecule has 1 aliphatic carbocycles. The van der Waals surface area contributed by atoms with E-state index in [4.69, 9.17) is 5.73 Å². The Kier molecular flexibility index (Phi) is 3.41. The number of anilines is 1. The summed E-state index contributed by atoms with van der Waals surface area (Å²) in [6.45, 7) is 4.21. The van der Waals surface area contributed by atoms with E-state index in [-0.39, 0.29) is 11.3 Å². The average molecular weight is 311 g/mol. The summed E-state index contributed by atoms with van der Waals surface area (Å²) in [5.74, 6) is -0.259. The maximum Gasteiger partial charge on any atom is 0.243 e. The zero-order valence-corrected chi connectivity index (χ0v) is 12.4. The highest BCUT2D eigenvalue weighted by atomic mass is 79.9. The number of benzene rings is 1. The second-order valence-corrected chi connectivity index (χ2v) is 6.56. The van der Waals surface area contributed by atoms with E-state index in [9.17, 15) is 4.79 Å². The van der Waals surface area contributed by atoms with E-state index in [1.807, 2.05) is 24.3 Å². The summed E-state index contributed by atoms with van der Waals surface area (Å²) >= 11 is 3.44. The number of amides is 1. The van der Waals surface area contributed by atoms with Gasteiger partial charge in [0.2, 0.25) is 5.91 Å². The third-order valence-electron chi connectivity index (χ3n) is 4.11. The Hall–Kier alpha value is -1.03. The molecule has 3 N–H and O–H groups in total. The van der Waals surface area contributed by atoms with Gasteiger partial charge < -0.3 is 11.1 Å². The fourth-order valence-corrected chi connectivity index (χ4v) is 3.31. The van der Waals surface area contributed by atoms with Crippen molar-refractivity contribution in [2.24, 2.45) is 11.1 Å². The van der Waals surface area contributed by atoms with Crippen molar-refractivity contribution >= 4 is 27.5 Å². The van der Waals surface area contributed by atoms with Crippen LogP contribution in [0.5, 0.6) is 0 Å². The van der Waals surface area contributed by atoms with Gasteiger partial charge >= 0.3 is 0 Å². The van der Waals surface area contributed by atoms with Crippen LogP contribution in [0.15, 0.2) is 28.7 Å². The van der Waals surface area contributed by atoms with Crippen LogP contribution in [0.4, 0.5) is 5.69 Å². The first-order chi connectivity index (χ1) is 8.37. The summed E-state index contributed by atoms with van der Waals surface area (Å²) < 4.78 is 0.989. The zero-order valence-electron chi connectivity index (χ0n) is 10.8. The molecule has 98 valence electrons. The third-order valence-corrected chi connectivity index (χ3v) is 4.61. The van der Waals surface area contributed by atoms with Gasteiger partial charge in [0.15, 0.2) is 0 Å². The van der Waals surface area contributed by atoms with E-state index in [2.05, 4.69) is 35.1 Å². The molecular formula is C14H19BrN2O. The molecule has 1 amide bonds. The Balaban J connectivity index is 2.36. The minimum atomic E-state index is -0.645. The van der Waals surface area contributed by atoms with Crippen molar-refractivity contribution in [2.75, 3.05) is 5.32 Å². The van der Waals surface area contributed by atoms with Crippen LogP contribution < -0.4 is 11.1 Å². The Labute approximate surface area is 116 Å². The van der Waals surface area contributed by atoms with Gasteiger partial charge in [-0.05, 0) is 42.9 Å². The van der Waals surface area contributed by atoms with Crippen molar-refractivity contribution in [1.82, 2.24) is 0 Å². The molecule has 0 spiro atoms. The van der Waals surface area contributed by atoms with Gasteiger partial charge in [-0.15, -0.1) is 0 Å². The molecule has 1 saturated carbocycles. The number of nitrogens with one attached hydrogen (secondary N) is 1. The number of rotatable bonds is 3. The monoisotopic (exact) mass is 310 g/mol. The maximum atomic E-state index is 12.0. The van der Waals surface area contributed by atoms with E-state index >= 15 is 0 Å². The molecule has 0 heterocycles. The van der Waals surface area contributed by atoms with E-state index < -0.39 is 5.54 Å². The van der Waals surface area contributed by atoms with Gasteiger partial charge in [0.1, 0.15) is 5.54 Å². The van der Waals surface area contributed by atoms with Crippen molar-refractivity contribution in [3.63, 3.8) is 0 Å². The highest BCUT2D eigenvalue weighted by Crippen LogP contribution is 2.47. The topological polar surface area (TPSA) is 55.1 Å². The lowest BCUT2D eigenvalue weighted by Crippen LogP contribution is -2.57. The lowest BCUT2D eigenvalue weighted by atomic mass is 9.74. The van der Waals surface area contributed by atoms with Crippen LogP contribution in [0.25, 0.3) is 0 Å². The van der Waals surface area contributed by atoms with Crippen LogP contribution >= 0.6 is 15.9 Å². The summed E-state index contributed by atoms with van der Waals surface area (Å²) in [7, 11) is 0. The minimum Gasteiger partial charge on any atom is -0.371 e. The van der Waals surface area contributed by atoms with Crippen LogP contribution in [-0.2, 0) is 4.79 Å². The summed E-state index contributed by atoms with van der Waals surface area (Å²) in [5, 5.41) is 3.38. The normalized spacial score (nSPS) is 25.9. The molecule has 0 aliphatic heterocycles. The quantitative estimate of drug-likeness (QED) is 0.900. The molecular weight excluding hydrogens is 292 g/mol. The smallest absolute Gasteiger partial charge is 0.243 e. The molecule has 0 bridgehead atoms. The maximum absolute atomic E-state index is 12.0. The second kappa shape index (κ2) is 4.57. The average Bonchev–Trinajstić information content (AvgIpc) is 2.55. The Bertz CT molecular complexity index is 473. The van der Waals surface area contributed by atoms with Gasteiger partial charge in [-0.1, -0.05) is 35.8 Å². The first-order valence-corrected chi connectivity index (χ1v) is 7.00. The fraction of sp³-hybridized carbons (Fsp3) is 0.500. The summed E-state index contributed by atoms with van der Waals surface area (Å²) in [5.41, 5.74) is 5.84. The molecule has 0 aromatic heterocycles. The fourth-order valence-electron chi connectivity index (χ4n) is 2.91. The lowest BCUT2D eigenvalue weighted by Gasteiger charge is -2.40. The van der Waals surface area contributed by atoms with Crippen molar-refractivity contribution < 1.29 is 4.79 Å². The Morgan fingerprint density at radius 2 is 2.11 bits per heavy atom. The van der Waals surface area contributed by atoms with E-state index in [1.165, 1.54) is 0 Å². The van der Waals surface area contributed by atoms with Crippen LogP contribution in [0.1, 0.15) is 33.1 Å². The van der Waals surface area contributed by atoms with Crippen molar-refractivity contribution in [1.29, 1.82) is 0 Å². The minimum absolute atomic E-state index is 0.124. The molecule has 0 radical (unpaired) electrons. The summed E-state index contributed by atoms with van der Waals surface area (Å²) in [6, 6.07) is 7.84. The first kappa shape index (κ1) is 13.4. The van der Waals surface area contributed by atoms with Crippen molar-refractivity contribution in [3.05, 3.63) is 28.7 Å². The van der Waals surface area contributed by atoms with Gasteiger partial charge in [-0.2, -0.15) is 0 Å². The molecule has 18 heavy (non-hydrogen) atoms. The van der Waals surface area contributed by atoms with Gasteiger partial charge in [-0.3, -0.25) is 4.79 Å². The summed E-state index contributed by atoms with van der Waals surface area (Å²) in [4.78, 5) is 12.0. The summed E-state index contributed by atoms with van der Waals surface area (Å²) in [6.07, 6.45) is 2.83. The number of primary amides is 1. The predicted octanol–water partition coefficient (Wildman–Crippen LogP) is 3.30. The van der Waals surface area contributed by atoms with Gasteiger partial charge in [0.05, 0.1) is 0 Å². The third kappa shape index (κ3) is 2.14. The Morgan fingerprint density at radius 3 is 2.61 bits per heavy atom. The molecule has 0 saturated heterocycles. The number of halogens is 1. The van der Waals surface area contributed by atoms with Crippen molar-refractivity contribution in [2.45, 2.75) is 38.6 Å². The van der Waals surface area contributed by atoms with Crippen LogP contribution in [0, 0.1) is 5.41 Å². The zero-order chi connectivity index (χ0) is 13.4. The number of nitrogens with two attached hydrogens (primary N) is 1. The highest BCUT2D eigenvalue weighted by Gasteiger charge is 2.53. The van der Waals surface area contributed by atoms with E-state index in [0.29, 0.717) is 0 Å². The molecule has 3 nitrogen and oxygen atoms in total. The number of hydrogen-bond donors (Lipinski definition) is 2. The molecule has 1 unspecified atom stereocenters. The molecule has 1 aromatic rings. The highest BCUT2D eigenvalue weighted by molar-refractivity contribution is 9.10. The molecule has 1 atom stereocenters. The molecule has 1 aromatic carbocycles. The molecule has 2 rings (SSSR count). The molecule has 1 aliphatic rings. The largest absolute Gasteiger partial charge is 0.371 e. The van der Waals surface area contributed by atoms with Crippen LogP contribution in [0.2, 0.25) is 0 Å². The number of carbonyl (C=O) groups is 1. The standard InChI is InChI=1S/C14H19BrN2O/c1-13(2)7-4-8-14(13,12(16)18)17-11-6-3-5-10(15)9-11/h3,5-6,9,17H,4,7-8H2,1-2H3,(H2,16,18). The number of carbonyl (C=O) groups excluding carboxylic acids is 1. The molecule has 1 fully saturated rings. The van der Waals surface area contributed by atoms with Crippen LogP contribution in [0.3, 0.4) is 0 Å². The van der Waals surface area contributed by atoms with Gasteiger partial charge in [0.25, 0.3) is 0 Å². The van der Waals surface area contributed by atoms with E-state index in [1.54, 1.807) is 0 Å². The second-order valence-electron chi connectivity index (χ2n) is 5.64. The van der Waals surface area contributed by atoms with Crippen molar-refractivity contribution in [3.8, 4) is 0 Å². The lowest BCUT2D eigenvalue weighted by molar-refractivity contribution is -0.125. The Morgan fingerprint density at radius 1 is 1.39 bits per heavy atom. The number of hydrogen-bond acceptors (Lipinski definition) is 2. The van der Waals surface area contributed by atoms with Gasteiger partial charge in [0, 0.05) is 10.2 Å². The molecule has 4 heteroatoms. The van der Waals surface area contributed by atoms with Crippen LogP contribution in [-0.4, -0.2) is 11.4 Å². The van der Waals surface area contributed by atoms with E-state index in [0.717, 1.165) is 29.4 Å². The predicted molar refractivity (Wildman–Crippen MR) is 77.3 cm³/mol. The van der Waals surface area contributed by atoms with Gasteiger partial charge in [-0.25, -0.2) is 0 Å². The first-order valence-electron chi connectivity index (χ1n) is 6.21.